The predicted molar refractivity (Wildman–Crippen MR) is 161 cm³/mol. The van der Waals surface area contributed by atoms with Crippen LogP contribution in [0.3, 0.4) is 0 Å². The Hall–Kier alpha value is -4.70. The van der Waals surface area contributed by atoms with Gasteiger partial charge in [-0.15, -0.1) is 0 Å². The predicted octanol–water partition coefficient (Wildman–Crippen LogP) is 4.58. The lowest BCUT2D eigenvalue weighted by molar-refractivity contribution is -0.384. The minimum absolute atomic E-state index is 0.00848. The van der Waals surface area contributed by atoms with Crippen LogP contribution in [-0.4, -0.2) is 52.1 Å². The molecule has 1 saturated heterocycles. The molecule has 0 aromatic heterocycles. The number of esters is 1. The van der Waals surface area contributed by atoms with Gasteiger partial charge in [0.05, 0.1) is 16.5 Å². The summed E-state index contributed by atoms with van der Waals surface area (Å²) < 4.78 is 5.98. The highest BCUT2D eigenvalue weighted by Gasteiger charge is 2.59. The van der Waals surface area contributed by atoms with Crippen molar-refractivity contribution in [2.24, 2.45) is 17.1 Å². The van der Waals surface area contributed by atoms with E-state index in [9.17, 15) is 24.8 Å². The minimum atomic E-state index is -1.55. The van der Waals surface area contributed by atoms with E-state index in [0.717, 1.165) is 11.1 Å². The van der Waals surface area contributed by atoms with Crippen molar-refractivity contribution < 1.29 is 24.4 Å². The fraction of sp³-hybridized carbons (Fsp3) is 0.333. The van der Waals surface area contributed by atoms with E-state index in [-0.39, 0.29) is 23.1 Å². The highest BCUT2D eigenvalue weighted by Crippen LogP contribution is 2.52. The van der Waals surface area contributed by atoms with Crippen LogP contribution in [0.2, 0.25) is 0 Å². The summed E-state index contributed by atoms with van der Waals surface area (Å²) in [7, 11) is 0. The lowest BCUT2D eigenvalue weighted by Gasteiger charge is -2.49. The Morgan fingerprint density at radius 3 is 2.12 bits per heavy atom. The number of carbonyl (C=O) groups excluding carboxylic acids is 1. The van der Waals surface area contributed by atoms with Gasteiger partial charge in [-0.1, -0.05) is 86.6 Å². The van der Waals surface area contributed by atoms with Gasteiger partial charge in [0.15, 0.2) is 0 Å². The molecule has 0 spiro atoms. The third-order valence-corrected chi connectivity index (χ3v) is 8.85. The molecule has 0 radical (unpaired) electrons. The van der Waals surface area contributed by atoms with Gasteiger partial charge in [-0.25, -0.2) is 4.79 Å². The first-order valence-electron chi connectivity index (χ1n) is 14.3. The number of carbonyl (C=O) groups is 2. The number of carboxylic acids is 1. The summed E-state index contributed by atoms with van der Waals surface area (Å²) in [5, 5.41) is 25.3. The van der Waals surface area contributed by atoms with Crippen molar-refractivity contribution in [3.63, 3.8) is 0 Å². The van der Waals surface area contributed by atoms with Crippen molar-refractivity contribution in [3.05, 3.63) is 123 Å². The Morgan fingerprint density at radius 1 is 1.02 bits per heavy atom. The molecule has 0 bridgehead atoms. The van der Waals surface area contributed by atoms with Crippen LogP contribution >= 0.6 is 0 Å². The third-order valence-electron chi connectivity index (χ3n) is 8.85. The average Bonchev–Trinajstić information content (AvgIpc) is 2.96. The van der Waals surface area contributed by atoms with E-state index in [1.165, 1.54) is 18.2 Å². The van der Waals surface area contributed by atoms with Crippen LogP contribution in [0.5, 0.6) is 0 Å². The number of nitro groups is 1. The molecular weight excluding hydrogens is 548 g/mol. The summed E-state index contributed by atoms with van der Waals surface area (Å²) in [5.41, 5.74) is 7.17. The Kier molecular flexibility index (Phi) is 8.23. The molecule has 224 valence electrons. The topological polar surface area (TPSA) is 148 Å². The number of rotatable bonds is 9. The number of carboxylic acid groups (broad SMARTS) is 1. The van der Waals surface area contributed by atoms with Gasteiger partial charge in [-0.3, -0.25) is 19.8 Å². The second kappa shape index (κ2) is 11.9. The smallest absolute Gasteiger partial charge is 0.338 e. The number of nitrogens with two attached hydrogens (primary N) is 1. The van der Waals surface area contributed by atoms with Gasteiger partial charge in [0.2, 0.25) is 0 Å². The van der Waals surface area contributed by atoms with Crippen LogP contribution in [0.4, 0.5) is 5.69 Å². The molecule has 43 heavy (non-hydrogen) atoms. The van der Waals surface area contributed by atoms with Gasteiger partial charge in [0.1, 0.15) is 17.3 Å². The van der Waals surface area contributed by atoms with Crippen LogP contribution < -0.4 is 11.1 Å². The van der Waals surface area contributed by atoms with Crippen LogP contribution in [0.15, 0.2) is 96.3 Å². The fourth-order valence-corrected chi connectivity index (χ4v) is 6.81. The summed E-state index contributed by atoms with van der Waals surface area (Å²) >= 11 is 0. The maximum atomic E-state index is 13.9. The Morgan fingerprint density at radius 2 is 1.60 bits per heavy atom. The largest absolute Gasteiger partial charge is 0.481 e. The number of nitro benzene ring substituents is 1. The number of hydrogen-bond acceptors (Lipinski definition) is 8. The van der Waals surface area contributed by atoms with E-state index in [1.54, 1.807) is 26.8 Å². The lowest BCUT2D eigenvalue weighted by Crippen LogP contribution is -2.61. The summed E-state index contributed by atoms with van der Waals surface area (Å²) in [6, 6.07) is 25.2. The summed E-state index contributed by atoms with van der Waals surface area (Å²) in [6.07, 6.45) is -0.453. The van der Waals surface area contributed by atoms with Gasteiger partial charge < -0.3 is 20.9 Å². The van der Waals surface area contributed by atoms with Gasteiger partial charge in [0.25, 0.3) is 5.69 Å². The molecule has 5 rings (SSSR count). The molecule has 10 nitrogen and oxygen atoms in total. The second-order valence-corrected chi connectivity index (χ2v) is 11.6. The van der Waals surface area contributed by atoms with Gasteiger partial charge in [-0.05, 0) is 29.5 Å². The van der Waals surface area contributed by atoms with E-state index in [2.05, 4.69) is 34.5 Å². The molecule has 2 aliphatic rings. The van der Waals surface area contributed by atoms with Gasteiger partial charge in [0, 0.05) is 37.2 Å². The van der Waals surface area contributed by atoms with E-state index in [4.69, 9.17) is 10.5 Å². The van der Waals surface area contributed by atoms with Crippen LogP contribution in [0.1, 0.15) is 49.4 Å². The molecule has 3 unspecified atom stereocenters. The molecule has 2 heterocycles. The van der Waals surface area contributed by atoms with Crippen molar-refractivity contribution in [2.45, 2.75) is 44.9 Å². The maximum Gasteiger partial charge on any atom is 0.338 e. The van der Waals surface area contributed by atoms with Crippen LogP contribution in [0, 0.1) is 21.4 Å². The molecule has 3 aromatic carbocycles. The Bertz CT molecular complexity index is 1500. The molecule has 0 amide bonds. The Labute approximate surface area is 250 Å². The van der Waals surface area contributed by atoms with E-state index >= 15 is 0 Å². The van der Waals surface area contributed by atoms with Crippen molar-refractivity contribution in [3.8, 4) is 0 Å². The number of non-ortho nitro benzene ring substituents is 1. The number of hydrogen-bond donors (Lipinski definition) is 3. The normalized spacial score (nSPS) is 22.6. The lowest BCUT2D eigenvalue weighted by atomic mass is 9.57. The number of likely N-dealkylation sites (tertiary alicyclic amines) is 1. The van der Waals surface area contributed by atoms with E-state index in [1.807, 2.05) is 36.4 Å². The highest BCUT2D eigenvalue weighted by atomic mass is 16.6. The van der Waals surface area contributed by atoms with Crippen LogP contribution in [-0.2, 0) is 14.3 Å². The summed E-state index contributed by atoms with van der Waals surface area (Å²) in [4.78, 5) is 40.3. The SMILES string of the molecule is CC(C)C1(C(=O)O)C(C)NC(N)=C(C(=O)OC2CN(C(c3ccccc3)c3ccccc3)C2)C1c1cccc([N+](=O)[O-])c1. The van der Waals surface area contributed by atoms with E-state index in [0.29, 0.717) is 18.7 Å². The average molecular weight is 585 g/mol. The summed E-state index contributed by atoms with van der Waals surface area (Å²) in [6.45, 7) is 6.15. The molecule has 0 saturated carbocycles. The third kappa shape index (κ3) is 5.34. The number of ether oxygens (including phenoxy) is 1. The highest BCUT2D eigenvalue weighted by molar-refractivity contribution is 5.94. The quantitative estimate of drug-likeness (QED) is 0.187. The summed E-state index contributed by atoms with van der Waals surface area (Å²) in [5.74, 6) is -3.44. The molecule has 0 aliphatic carbocycles. The van der Waals surface area contributed by atoms with E-state index < -0.39 is 46.3 Å². The molecule has 4 N–H and O–H groups in total. The van der Waals surface area contributed by atoms with Crippen molar-refractivity contribution >= 4 is 17.6 Å². The molecule has 10 heteroatoms. The number of benzene rings is 3. The first-order chi connectivity index (χ1) is 20.5. The zero-order chi connectivity index (χ0) is 30.9. The molecule has 3 atom stereocenters. The van der Waals surface area contributed by atoms with Crippen molar-refractivity contribution in [1.29, 1.82) is 0 Å². The zero-order valence-corrected chi connectivity index (χ0v) is 24.3. The molecular formula is C33H36N4O6. The zero-order valence-electron chi connectivity index (χ0n) is 24.3. The number of nitrogens with one attached hydrogen (secondary N) is 1. The standard InChI is InChI=1S/C33H36N4O6/c1-20(2)33(32(39)40)21(3)35-30(34)27(28(33)24-15-10-16-25(17-24)37(41)42)31(38)43-26-18-36(19-26)29(22-11-6-4-7-12-22)23-13-8-5-9-14-23/h4-17,20-21,26,28-29,35H,18-19,34H2,1-3H3,(H,39,40). The fourth-order valence-electron chi connectivity index (χ4n) is 6.81. The molecule has 1 fully saturated rings. The second-order valence-electron chi connectivity index (χ2n) is 11.6. The van der Waals surface area contributed by atoms with Crippen LogP contribution in [0.25, 0.3) is 0 Å². The number of aliphatic carboxylic acids is 1. The molecule has 2 aliphatic heterocycles. The first-order valence-corrected chi connectivity index (χ1v) is 14.3. The van der Waals surface area contributed by atoms with Gasteiger partial charge in [-0.2, -0.15) is 0 Å². The number of nitrogens with zero attached hydrogens (tertiary/aromatic N) is 2. The minimum Gasteiger partial charge on any atom is -0.481 e. The Balaban J connectivity index is 1.46. The van der Waals surface area contributed by atoms with Crippen molar-refractivity contribution in [2.75, 3.05) is 13.1 Å². The van der Waals surface area contributed by atoms with Crippen molar-refractivity contribution in [1.82, 2.24) is 10.2 Å². The molecule has 3 aromatic rings. The monoisotopic (exact) mass is 584 g/mol. The maximum absolute atomic E-state index is 13.9. The first kappa shape index (κ1) is 29.8. The van der Waals surface area contributed by atoms with Gasteiger partial charge >= 0.3 is 11.9 Å².